The Morgan fingerprint density at radius 1 is 1.06 bits per heavy atom. The van der Waals surface area contributed by atoms with Crippen LogP contribution in [-0.4, -0.2) is 33.3 Å². The standard InChI is InChI=1S/C26H31F3N4O2/c1-24(2,3)35-23(34)17-4-5-20(33-25-10-15-6-16(11-25)8-19(25)7-15)21(9-17)32-22(26(27,28)29)18-12-30-14-31-13-18/h4-5,9,12-16,19,22,32-33H,6-8,10-11H2,1-3H3. The number of esters is 1. The summed E-state index contributed by atoms with van der Waals surface area (Å²) in [6.45, 7) is 5.25. The van der Waals surface area contributed by atoms with Crippen molar-refractivity contribution in [3.05, 3.63) is 48.0 Å². The van der Waals surface area contributed by atoms with Crippen LogP contribution in [0.1, 0.15) is 74.8 Å². The number of carbonyl (C=O) groups is 1. The number of hydrogen-bond acceptors (Lipinski definition) is 6. The molecule has 1 aromatic heterocycles. The van der Waals surface area contributed by atoms with E-state index in [-0.39, 0.29) is 22.4 Å². The maximum absolute atomic E-state index is 14.2. The van der Waals surface area contributed by atoms with E-state index >= 15 is 0 Å². The van der Waals surface area contributed by atoms with Crippen LogP contribution in [0.15, 0.2) is 36.9 Å². The first-order valence-corrected chi connectivity index (χ1v) is 12.2. The minimum absolute atomic E-state index is 0.0962. The number of alkyl halides is 3. The fourth-order valence-corrected chi connectivity index (χ4v) is 6.47. The molecular formula is C26H31F3N4O2. The number of benzene rings is 1. The normalized spacial score (nSPS) is 28.1. The van der Waals surface area contributed by atoms with Gasteiger partial charge in [0.25, 0.3) is 0 Å². The molecule has 188 valence electrons. The van der Waals surface area contributed by atoms with Crippen molar-refractivity contribution in [1.82, 2.24) is 9.97 Å². The summed E-state index contributed by atoms with van der Waals surface area (Å²) in [6, 6.07) is 2.73. The summed E-state index contributed by atoms with van der Waals surface area (Å²) in [5, 5.41) is 6.31. The van der Waals surface area contributed by atoms with Gasteiger partial charge in [-0.3, -0.25) is 0 Å². The first kappa shape index (κ1) is 23.9. The molecule has 2 N–H and O–H groups in total. The molecule has 0 amide bonds. The van der Waals surface area contributed by atoms with Crippen LogP contribution in [0.25, 0.3) is 0 Å². The lowest BCUT2D eigenvalue weighted by molar-refractivity contribution is -0.144. The number of halogens is 3. The van der Waals surface area contributed by atoms with E-state index in [0.717, 1.165) is 25.2 Å². The Bertz CT molecular complexity index is 1090. The molecule has 2 aromatic rings. The highest BCUT2D eigenvalue weighted by Crippen LogP contribution is 2.61. The van der Waals surface area contributed by atoms with Gasteiger partial charge in [-0.1, -0.05) is 0 Å². The summed E-state index contributed by atoms with van der Waals surface area (Å²) < 4.78 is 47.9. The molecule has 35 heavy (non-hydrogen) atoms. The lowest BCUT2D eigenvalue weighted by Crippen LogP contribution is -2.40. The molecule has 3 unspecified atom stereocenters. The van der Waals surface area contributed by atoms with E-state index in [1.54, 1.807) is 32.9 Å². The lowest BCUT2D eigenvalue weighted by atomic mass is 9.80. The van der Waals surface area contributed by atoms with Crippen molar-refractivity contribution in [1.29, 1.82) is 0 Å². The number of aromatic nitrogens is 2. The smallest absolute Gasteiger partial charge is 0.412 e. The fourth-order valence-electron chi connectivity index (χ4n) is 6.47. The van der Waals surface area contributed by atoms with Crippen molar-refractivity contribution in [2.24, 2.45) is 17.8 Å². The minimum Gasteiger partial charge on any atom is -0.456 e. The van der Waals surface area contributed by atoms with Gasteiger partial charge in [-0.05, 0) is 88.8 Å². The summed E-state index contributed by atoms with van der Waals surface area (Å²) in [6.07, 6.45) is 4.58. The number of carbonyl (C=O) groups excluding carboxylic acids is 1. The molecule has 3 atom stereocenters. The highest BCUT2D eigenvalue weighted by Gasteiger charge is 2.57. The number of nitrogens with zero attached hydrogens (tertiary/aromatic N) is 2. The van der Waals surface area contributed by atoms with Gasteiger partial charge in [0.15, 0.2) is 6.04 Å². The number of rotatable bonds is 6. The van der Waals surface area contributed by atoms with Crippen molar-refractivity contribution >= 4 is 17.3 Å². The van der Waals surface area contributed by atoms with Crippen LogP contribution in [0.4, 0.5) is 24.5 Å². The molecule has 4 saturated carbocycles. The Hall–Kier alpha value is -2.84. The molecule has 4 aliphatic rings. The molecule has 1 heterocycles. The molecule has 6 nitrogen and oxygen atoms in total. The van der Waals surface area contributed by atoms with Gasteiger partial charge < -0.3 is 15.4 Å². The third-order valence-corrected chi connectivity index (χ3v) is 7.57. The molecule has 0 radical (unpaired) electrons. The average molecular weight is 489 g/mol. The van der Waals surface area contributed by atoms with Gasteiger partial charge in [0.1, 0.15) is 11.9 Å². The van der Waals surface area contributed by atoms with Crippen LogP contribution < -0.4 is 10.6 Å². The van der Waals surface area contributed by atoms with E-state index in [9.17, 15) is 18.0 Å². The Labute approximate surface area is 203 Å². The van der Waals surface area contributed by atoms with Crippen molar-refractivity contribution in [2.45, 2.75) is 76.2 Å². The largest absolute Gasteiger partial charge is 0.456 e. The van der Waals surface area contributed by atoms with Crippen molar-refractivity contribution in [3.8, 4) is 0 Å². The predicted molar refractivity (Wildman–Crippen MR) is 126 cm³/mol. The van der Waals surface area contributed by atoms with Gasteiger partial charge in [0.2, 0.25) is 0 Å². The molecule has 6 rings (SSSR count). The molecule has 0 saturated heterocycles. The highest BCUT2D eigenvalue weighted by atomic mass is 19.4. The Morgan fingerprint density at radius 2 is 1.71 bits per heavy atom. The van der Waals surface area contributed by atoms with Gasteiger partial charge in [-0.25, -0.2) is 14.8 Å². The summed E-state index contributed by atoms with van der Waals surface area (Å²) >= 11 is 0. The second-order valence-corrected chi connectivity index (χ2v) is 11.4. The average Bonchev–Trinajstić information content (AvgIpc) is 3.14. The van der Waals surface area contributed by atoms with E-state index in [1.807, 2.05) is 0 Å². The number of hydrogen-bond donors (Lipinski definition) is 2. The van der Waals surface area contributed by atoms with Gasteiger partial charge in [0, 0.05) is 23.5 Å². The number of ether oxygens (including phenoxy) is 1. The van der Waals surface area contributed by atoms with Crippen LogP contribution in [0.3, 0.4) is 0 Å². The Morgan fingerprint density at radius 3 is 2.31 bits per heavy atom. The molecule has 4 fully saturated rings. The summed E-state index contributed by atoms with van der Waals surface area (Å²) in [5.41, 5.74) is 0.0386. The van der Waals surface area contributed by atoms with Crippen LogP contribution in [0.2, 0.25) is 0 Å². The third-order valence-electron chi connectivity index (χ3n) is 7.57. The first-order chi connectivity index (χ1) is 16.4. The Kier molecular flexibility index (Phi) is 5.72. The predicted octanol–water partition coefficient (Wildman–Crippen LogP) is 6.14. The SMILES string of the molecule is CC(C)(C)OC(=O)c1ccc(NC23CC4CC(CC2C4)C3)c(NC(c2cncnc2)C(F)(F)F)c1. The van der Waals surface area contributed by atoms with E-state index < -0.39 is 23.8 Å². The molecule has 1 aromatic carbocycles. The van der Waals surface area contributed by atoms with Crippen LogP contribution in [-0.2, 0) is 4.74 Å². The molecule has 4 aliphatic carbocycles. The van der Waals surface area contributed by atoms with Gasteiger partial charge in [0.05, 0.1) is 16.9 Å². The van der Waals surface area contributed by atoms with Gasteiger partial charge in [-0.2, -0.15) is 13.2 Å². The van der Waals surface area contributed by atoms with Crippen LogP contribution in [0.5, 0.6) is 0 Å². The molecule has 0 spiro atoms. The van der Waals surface area contributed by atoms with Crippen molar-refractivity contribution in [3.63, 3.8) is 0 Å². The van der Waals surface area contributed by atoms with E-state index in [0.29, 0.717) is 23.4 Å². The van der Waals surface area contributed by atoms with E-state index in [4.69, 9.17) is 4.74 Å². The highest BCUT2D eigenvalue weighted by molar-refractivity contribution is 5.92. The molecule has 4 bridgehead atoms. The minimum atomic E-state index is -4.60. The van der Waals surface area contributed by atoms with Gasteiger partial charge in [-0.15, -0.1) is 0 Å². The number of nitrogens with one attached hydrogen (secondary N) is 2. The molecular weight excluding hydrogens is 457 g/mol. The monoisotopic (exact) mass is 488 g/mol. The summed E-state index contributed by atoms with van der Waals surface area (Å²) in [7, 11) is 0. The van der Waals surface area contributed by atoms with E-state index in [1.165, 1.54) is 31.7 Å². The third kappa shape index (κ3) is 4.82. The molecule has 9 heteroatoms. The quantitative estimate of drug-likeness (QED) is 0.476. The van der Waals surface area contributed by atoms with E-state index in [2.05, 4.69) is 20.6 Å². The topological polar surface area (TPSA) is 76.1 Å². The zero-order chi connectivity index (χ0) is 25.0. The Balaban J connectivity index is 1.51. The lowest BCUT2D eigenvalue weighted by Gasteiger charge is -2.36. The van der Waals surface area contributed by atoms with Crippen LogP contribution in [0, 0.1) is 17.8 Å². The zero-order valence-corrected chi connectivity index (χ0v) is 20.2. The van der Waals surface area contributed by atoms with Crippen molar-refractivity contribution < 1.29 is 22.7 Å². The zero-order valence-electron chi connectivity index (χ0n) is 20.2. The van der Waals surface area contributed by atoms with Crippen LogP contribution >= 0.6 is 0 Å². The first-order valence-electron chi connectivity index (χ1n) is 12.2. The maximum atomic E-state index is 14.2. The second kappa shape index (κ2) is 8.38. The summed E-state index contributed by atoms with van der Waals surface area (Å²) in [4.78, 5) is 20.3. The van der Waals surface area contributed by atoms with Crippen molar-refractivity contribution in [2.75, 3.05) is 10.6 Å². The number of anilines is 2. The summed E-state index contributed by atoms with van der Waals surface area (Å²) in [5.74, 6) is 1.31. The maximum Gasteiger partial charge on any atom is 0.412 e. The molecule has 0 aliphatic heterocycles. The van der Waals surface area contributed by atoms with Gasteiger partial charge >= 0.3 is 12.1 Å². The fraction of sp³-hybridized carbons (Fsp3) is 0.577. The second-order valence-electron chi connectivity index (χ2n) is 11.4.